The molecule has 0 aliphatic heterocycles. The minimum absolute atomic E-state index is 0.552. The molecule has 18 heavy (non-hydrogen) atoms. The molecule has 0 aromatic heterocycles. The van der Waals surface area contributed by atoms with Gasteiger partial charge < -0.3 is 4.74 Å². The van der Waals surface area contributed by atoms with Crippen molar-refractivity contribution in [2.45, 2.75) is 34.6 Å². The molecular weight excluding hydrogens is 220 g/mol. The highest BCUT2D eigenvalue weighted by molar-refractivity contribution is 5.25. The molecule has 0 atom stereocenters. The van der Waals surface area contributed by atoms with Gasteiger partial charge in [0.1, 0.15) is 11.5 Å². The van der Waals surface area contributed by atoms with Crippen LogP contribution < -0.4 is 0 Å². The van der Waals surface area contributed by atoms with Crippen LogP contribution in [0.1, 0.15) is 34.6 Å². The van der Waals surface area contributed by atoms with Crippen molar-refractivity contribution in [3.63, 3.8) is 0 Å². The van der Waals surface area contributed by atoms with Crippen molar-refractivity contribution in [2.24, 2.45) is 0 Å². The van der Waals surface area contributed by atoms with Gasteiger partial charge in [-0.15, -0.1) is 0 Å². The summed E-state index contributed by atoms with van der Waals surface area (Å²) in [6.07, 6.45) is 9.38. The van der Waals surface area contributed by atoms with Crippen molar-refractivity contribution in [1.29, 1.82) is 0 Å². The van der Waals surface area contributed by atoms with Gasteiger partial charge >= 0.3 is 0 Å². The molecule has 0 saturated heterocycles. The lowest BCUT2D eigenvalue weighted by atomic mass is 10.2. The molecule has 0 radical (unpaired) electrons. The molecule has 0 aliphatic carbocycles. The fraction of sp³-hybridized carbons (Fsp3) is 0.294. The standard InChI is InChI=1S/C15H20O.C2H6/c1-7-13(4)9-11-15(6)16-14(5)10-8-12(2)3;1-2/h7-11H,2,5-6H2,1,3-4H3;1-2H3/b10-8-,11-9-,13-7-;. The highest BCUT2D eigenvalue weighted by Gasteiger charge is 1.91. The summed E-state index contributed by atoms with van der Waals surface area (Å²) >= 11 is 0. The summed E-state index contributed by atoms with van der Waals surface area (Å²) in [6, 6.07) is 0. The molecule has 0 N–H and O–H groups in total. The van der Waals surface area contributed by atoms with Crippen LogP contribution in [-0.4, -0.2) is 0 Å². The van der Waals surface area contributed by atoms with Crippen molar-refractivity contribution in [1.82, 2.24) is 0 Å². The lowest BCUT2D eigenvalue weighted by Gasteiger charge is -2.04. The van der Waals surface area contributed by atoms with E-state index in [0.29, 0.717) is 11.5 Å². The summed E-state index contributed by atoms with van der Waals surface area (Å²) in [7, 11) is 0. The highest BCUT2D eigenvalue weighted by atomic mass is 16.5. The fourth-order valence-corrected chi connectivity index (χ4v) is 0.792. The zero-order chi connectivity index (χ0) is 14.6. The first-order chi connectivity index (χ1) is 8.45. The normalized spacial score (nSPS) is 11.1. The average Bonchev–Trinajstić information content (AvgIpc) is 2.35. The van der Waals surface area contributed by atoms with Gasteiger partial charge in [-0.1, -0.05) is 63.0 Å². The first-order valence-corrected chi connectivity index (χ1v) is 6.16. The Morgan fingerprint density at radius 1 is 0.833 bits per heavy atom. The van der Waals surface area contributed by atoms with Gasteiger partial charge in [0.2, 0.25) is 0 Å². The van der Waals surface area contributed by atoms with E-state index in [1.165, 1.54) is 0 Å². The van der Waals surface area contributed by atoms with E-state index in [-0.39, 0.29) is 0 Å². The molecule has 1 nitrogen and oxygen atoms in total. The molecule has 0 aromatic carbocycles. The summed E-state index contributed by atoms with van der Waals surface area (Å²) < 4.78 is 5.36. The average molecular weight is 246 g/mol. The lowest BCUT2D eigenvalue weighted by Crippen LogP contribution is -1.85. The number of hydrogen-bond donors (Lipinski definition) is 0. The van der Waals surface area contributed by atoms with Crippen molar-refractivity contribution < 1.29 is 4.74 Å². The molecule has 0 fully saturated rings. The molecule has 0 rings (SSSR count). The van der Waals surface area contributed by atoms with E-state index in [9.17, 15) is 0 Å². The number of hydrogen-bond acceptors (Lipinski definition) is 1. The van der Waals surface area contributed by atoms with Crippen LogP contribution in [0.2, 0.25) is 0 Å². The fourth-order valence-electron chi connectivity index (χ4n) is 0.792. The Morgan fingerprint density at radius 2 is 1.28 bits per heavy atom. The second kappa shape index (κ2) is 11.7. The molecule has 0 aliphatic rings. The summed E-state index contributed by atoms with van der Waals surface area (Å²) in [5.74, 6) is 1.12. The predicted octanol–water partition coefficient (Wildman–Crippen LogP) is 5.71. The number of ether oxygens (including phenoxy) is 1. The maximum absolute atomic E-state index is 5.36. The van der Waals surface area contributed by atoms with Crippen LogP contribution in [-0.2, 0) is 4.74 Å². The van der Waals surface area contributed by atoms with Crippen LogP contribution in [0.3, 0.4) is 0 Å². The molecule has 0 saturated carbocycles. The van der Waals surface area contributed by atoms with Gasteiger partial charge in [-0.25, -0.2) is 0 Å². The van der Waals surface area contributed by atoms with Crippen molar-refractivity contribution >= 4 is 0 Å². The minimum atomic E-state index is 0.552. The van der Waals surface area contributed by atoms with Gasteiger partial charge in [0.15, 0.2) is 0 Å². The van der Waals surface area contributed by atoms with Crippen LogP contribution in [0.5, 0.6) is 0 Å². The Labute approximate surface area is 113 Å². The molecule has 0 aromatic rings. The summed E-state index contributed by atoms with van der Waals surface area (Å²) in [4.78, 5) is 0. The van der Waals surface area contributed by atoms with Gasteiger partial charge in [0.25, 0.3) is 0 Å². The summed E-state index contributed by atoms with van der Waals surface area (Å²) in [6.45, 7) is 21.2. The van der Waals surface area contributed by atoms with Crippen molar-refractivity contribution in [2.75, 3.05) is 0 Å². The molecule has 0 spiro atoms. The third-order valence-electron chi connectivity index (χ3n) is 1.80. The topological polar surface area (TPSA) is 9.23 Å². The monoisotopic (exact) mass is 246 g/mol. The zero-order valence-electron chi connectivity index (χ0n) is 12.4. The largest absolute Gasteiger partial charge is 0.459 e. The van der Waals surface area contributed by atoms with Gasteiger partial charge in [0, 0.05) is 0 Å². The van der Waals surface area contributed by atoms with E-state index >= 15 is 0 Å². The Bertz CT molecular complexity index is 365. The molecule has 0 heterocycles. The van der Waals surface area contributed by atoms with E-state index in [0.717, 1.165) is 11.1 Å². The van der Waals surface area contributed by atoms with Crippen molar-refractivity contribution in [3.8, 4) is 0 Å². The van der Waals surface area contributed by atoms with E-state index in [2.05, 4.69) is 19.7 Å². The Hall–Kier alpha value is -1.76. The molecule has 100 valence electrons. The first kappa shape index (κ1) is 18.6. The van der Waals surface area contributed by atoms with E-state index in [1.54, 1.807) is 6.08 Å². The predicted molar refractivity (Wildman–Crippen MR) is 83.2 cm³/mol. The van der Waals surface area contributed by atoms with Gasteiger partial charge in [-0.2, -0.15) is 0 Å². The number of rotatable bonds is 6. The Kier molecular flexibility index (Phi) is 12.1. The van der Waals surface area contributed by atoms with Crippen LogP contribution in [0.15, 0.2) is 72.8 Å². The third-order valence-corrected chi connectivity index (χ3v) is 1.80. The van der Waals surface area contributed by atoms with Gasteiger partial charge in [-0.3, -0.25) is 0 Å². The van der Waals surface area contributed by atoms with E-state index in [1.807, 2.05) is 58.9 Å². The van der Waals surface area contributed by atoms with Gasteiger partial charge in [0.05, 0.1) is 0 Å². The molecule has 0 bridgehead atoms. The van der Waals surface area contributed by atoms with Gasteiger partial charge in [-0.05, 0) is 32.9 Å². The third kappa shape index (κ3) is 12.3. The SMILES string of the molecule is C=C(C)/C=C\C(=C)OC(=C)/C=C\C(C)=C/C.CC. The smallest absolute Gasteiger partial charge is 0.120 e. The summed E-state index contributed by atoms with van der Waals surface area (Å²) in [5, 5.41) is 0. The maximum atomic E-state index is 5.36. The minimum Gasteiger partial charge on any atom is -0.459 e. The van der Waals surface area contributed by atoms with Crippen LogP contribution >= 0.6 is 0 Å². The zero-order valence-corrected chi connectivity index (χ0v) is 12.4. The second-order valence-electron chi connectivity index (χ2n) is 3.58. The lowest BCUT2D eigenvalue weighted by molar-refractivity contribution is 0.340. The molecular formula is C17H26O. The highest BCUT2D eigenvalue weighted by Crippen LogP contribution is 2.08. The van der Waals surface area contributed by atoms with Crippen LogP contribution in [0, 0.1) is 0 Å². The quantitative estimate of drug-likeness (QED) is 0.431. The Morgan fingerprint density at radius 3 is 1.67 bits per heavy atom. The molecule has 0 unspecified atom stereocenters. The van der Waals surface area contributed by atoms with E-state index in [4.69, 9.17) is 4.74 Å². The van der Waals surface area contributed by atoms with Crippen LogP contribution in [0.25, 0.3) is 0 Å². The second-order valence-corrected chi connectivity index (χ2v) is 3.58. The molecule has 0 amide bonds. The van der Waals surface area contributed by atoms with Crippen LogP contribution in [0.4, 0.5) is 0 Å². The summed E-state index contributed by atoms with van der Waals surface area (Å²) in [5.41, 5.74) is 2.11. The molecule has 1 heteroatoms. The Balaban J connectivity index is 0. The van der Waals surface area contributed by atoms with Crippen molar-refractivity contribution in [3.05, 3.63) is 72.8 Å². The first-order valence-electron chi connectivity index (χ1n) is 6.16. The maximum Gasteiger partial charge on any atom is 0.120 e. The number of allylic oxidation sites excluding steroid dienone is 7. The van der Waals surface area contributed by atoms with E-state index < -0.39 is 0 Å².